The lowest BCUT2D eigenvalue weighted by Gasteiger charge is -2.39. The summed E-state index contributed by atoms with van der Waals surface area (Å²) in [5.74, 6) is 2.04. The molecule has 1 saturated heterocycles. The summed E-state index contributed by atoms with van der Waals surface area (Å²) in [6, 6.07) is 0. The third-order valence-corrected chi connectivity index (χ3v) is 5.47. The number of rotatable bonds is 7. The lowest BCUT2D eigenvalue weighted by atomic mass is 9.82. The van der Waals surface area contributed by atoms with Crippen LogP contribution in [0, 0.1) is 11.3 Å². The van der Waals surface area contributed by atoms with Crippen LogP contribution in [0.3, 0.4) is 0 Å². The molecule has 0 bridgehead atoms. The fraction of sp³-hybridized carbons (Fsp3) is 1.00. The first-order valence-corrected chi connectivity index (χ1v) is 8.16. The van der Waals surface area contributed by atoms with Crippen LogP contribution in [0.5, 0.6) is 0 Å². The van der Waals surface area contributed by atoms with E-state index in [-0.39, 0.29) is 0 Å². The van der Waals surface area contributed by atoms with Crippen molar-refractivity contribution in [3.63, 3.8) is 0 Å². The van der Waals surface area contributed by atoms with E-state index in [1.54, 1.807) is 0 Å². The predicted octanol–water partition coefficient (Wildman–Crippen LogP) is 4.23. The van der Waals surface area contributed by atoms with Gasteiger partial charge >= 0.3 is 0 Å². The van der Waals surface area contributed by atoms with Crippen LogP contribution in [0.15, 0.2) is 0 Å². The molecule has 1 rings (SSSR count). The van der Waals surface area contributed by atoms with Crippen molar-refractivity contribution in [3.8, 4) is 0 Å². The quantitative estimate of drug-likeness (QED) is 0.668. The second-order valence-electron chi connectivity index (χ2n) is 5.87. The van der Waals surface area contributed by atoms with E-state index in [0.717, 1.165) is 11.7 Å². The first-order chi connectivity index (χ1) is 8.19. The Morgan fingerprint density at radius 2 is 1.71 bits per heavy atom. The van der Waals surface area contributed by atoms with Gasteiger partial charge in [-0.05, 0) is 55.9 Å². The molecule has 0 spiro atoms. The van der Waals surface area contributed by atoms with Crippen LogP contribution < -0.4 is 0 Å². The molecule has 0 amide bonds. The Labute approximate surface area is 114 Å². The SMILES string of the molecule is CCCC1CCN(CC(CC)(CC)CS)CC1. The summed E-state index contributed by atoms with van der Waals surface area (Å²) in [6.07, 6.45) is 8.17. The molecule has 1 aliphatic heterocycles. The molecule has 0 N–H and O–H groups in total. The Balaban J connectivity index is 2.38. The highest BCUT2D eigenvalue weighted by molar-refractivity contribution is 7.80. The minimum absolute atomic E-state index is 0.459. The monoisotopic (exact) mass is 257 g/mol. The lowest BCUT2D eigenvalue weighted by Crippen LogP contribution is -2.42. The van der Waals surface area contributed by atoms with Crippen molar-refractivity contribution in [1.29, 1.82) is 0 Å². The molecule has 0 saturated carbocycles. The molecule has 17 heavy (non-hydrogen) atoms. The third kappa shape index (κ3) is 4.48. The molecular weight excluding hydrogens is 226 g/mol. The maximum absolute atomic E-state index is 4.59. The highest BCUT2D eigenvalue weighted by Crippen LogP contribution is 2.31. The fourth-order valence-electron chi connectivity index (χ4n) is 3.06. The van der Waals surface area contributed by atoms with Gasteiger partial charge in [0.05, 0.1) is 0 Å². The summed E-state index contributed by atoms with van der Waals surface area (Å²) in [4.78, 5) is 2.69. The summed E-state index contributed by atoms with van der Waals surface area (Å²) < 4.78 is 0. The number of hydrogen-bond acceptors (Lipinski definition) is 2. The Hall–Kier alpha value is 0.310. The number of hydrogen-bond donors (Lipinski definition) is 1. The van der Waals surface area contributed by atoms with Crippen LogP contribution in [0.4, 0.5) is 0 Å². The molecule has 0 radical (unpaired) electrons. The molecule has 1 nitrogen and oxygen atoms in total. The van der Waals surface area contributed by atoms with Crippen LogP contribution >= 0.6 is 12.6 Å². The highest BCUT2D eigenvalue weighted by Gasteiger charge is 2.29. The van der Waals surface area contributed by atoms with Gasteiger partial charge in [-0.15, -0.1) is 0 Å². The van der Waals surface area contributed by atoms with Crippen LogP contribution in [0.2, 0.25) is 0 Å². The Kier molecular flexibility index (Phi) is 6.94. The van der Waals surface area contributed by atoms with Crippen LogP contribution in [0.1, 0.15) is 59.3 Å². The molecule has 0 aromatic heterocycles. The standard InChI is InChI=1S/C15H31NS/c1-4-7-14-8-10-16(11-9-14)12-15(5-2,6-3)13-17/h14,17H,4-13H2,1-3H3. The second-order valence-corrected chi connectivity index (χ2v) is 6.19. The van der Waals surface area contributed by atoms with E-state index in [2.05, 4.69) is 38.3 Å². The molecule has 1 fully saturated rings. The number of thiol groups is 1. The highest BCUT2D eigenvalue weighted by atomic mass is 32.1. The van der Waals surface area contributed by atoms with Gasteiger partial charge < -0.3 is 4.90 Å². The maximum atomic E-state index is 4.59. The molecule has 0 atom stereocenters. The number of piperidine rings is 1. The van der Waals surface area contributed by atoms with Gasteiger partial charge in [-0.3, -0.25) is 0 Å². The normalized spacial score (nSPS) is 19.8. The molecule has 2 heteroatoms. The zero-order valence-corrected chi connectivity index (χ0v) is 12.9. The molecule has 1 heterocycles. The zero-order chi connectivity index (χ0) is 12.7. The molecule has 0 unspecified atom stereocenters. The second kappa shape index (κ2) is 7.68. The van der Waals surface area contributed by atoms with Crippen molar-refractivity contribution in [3.05, 3.63) is 0 Å². The maximum Gasteiger partial charge on any atom is 0.00456 e. The van der Waals surface area contributed by atoms with Crippen LogP contribution in [0.25, 0.3) is 0 Å². The van der Waals surface area contributed by atoms with Crippen molar-refractivity contribution < 1.29 is 0 Å². The van der Waals surface area contributed by atoms with E-state index in [9.17, 15) is 0 Å². The minimum Gasteiger partial charge on any atom is -0.303 e. The molecular formula is C15H31NS. The van der Waals surface area contributed by atoms with Gasteiger partial charge in [0.25, 0.3) is 0 Å². The van der Waals surface area contributed by atoms with E-state index in [1.165, 1.54) is 58.2 Å². The Morgan fingerprint density at radius 1 is 1.12 bits per heavy atom. The molecule has 102 valence electrons. The molecule has 0 aromatic rings. The van der Waals surface area contributed by atoms with Crippen molar-refractivity contribution in [1.82, 2.24) is 4.90 Å². The largest absolute Gasteiger partial charge is 0.303 e. The van der Waals surface area contributed by atoms with Crippen LogP contribution in [-0.2, 0) is 0 Å². The predicted molar refractivity (Wildman–Crippen MR) is 80.9 cm³/mol. The molecule has 0 aromatic carbocycles. The number of likely N-dealkylation sites (tertiary alicyclic amines) is 1. The van der Waals surface area contributed by atoms with Crippen LogP contribution in [-0.4, -0.2) is 30.3 Å². The van der Waals surface area contributed by atoms with Gasteiger partial charge in [0, 0.05) is 6.54 Å². The van der Waals surface area contributed by atoms with Crippen molar-refractivity contribution in [2.24, 2.45) is 11.3 Å². The van der Waals surface area contributed by atoms with E-state index < -0.39 is 0 Å². The topological polar surface area (TPSA) is 3.24 Å². The number of nitrogens with zero attached hydrogens (tertiary/aromatic N) is 1. The summed E-state index contributed by atoms with van der Waals surface area (Å²) in [6.45, 7) is 10.9. The third-order valence-electron chi connectivity index (χ3n) is 4.80. The van der Waals surface area contributed by atoms with E-state index in [1.807, 2.05) is 0 Å². The van der Waals surface area contributed by atoms with E-state index >= 15 is 0 Å². The van der Waals surface area contributed by atoms with E-state index in [0.29, 0.717) is 5.41 Å². The smallest absolute Gasteiger partial charge is 0.00456 e. The first kappa shape index (κ1) is 15.4. The molecule has 1 aliphatic rings. The van der Waals surface area contributed by atoms with Gasteiger partial charge in [0.1, 0.15) is 0 Å². The Morgan fingerprint density at radius 3 is 2.12 bits per heavy atom. The summed E-state index contributed by atoms with van der Waals surface area (Å²) in [5.41, 5.74) is 0.459. The summed E-state index contributed by atoms with van der Waals surface area (Å²) in [5, 5.41) is 0. The zero-order valence-electron chi connectivity index (χ0n) is 12.0. The summed E-state index contributed by atoms with van der Waals surface area (Å²) in [7, 11) is 0. The van der Waals surface area contributed by atoms with E-state index in [4.69, 9.17) is 0 Å². The Bertz CT molecular complexity index is 185. The molecule has 0 aliphatic carbocycles. The van der Waals surface area contributed by atoms with Crippen molar-refractivity contribution in [2.45, 2.75) is 59.3 Å². The van der Waals surface area contributed by atoms with Crippen molar-refractivity contribution >= 4 is 12.6 Å². The van der Waals surface area contributed by atoms with Gasteiger partial charge in [0.2, 0.25) is 0 Å². The fourth-order valence-corrected chi connectivity index (χ4v) is 3.61. The van der Waals surface area contributed by atoms with Crippen molar-refractivity contribution in [2.75, 3.05) is 25.4 Å². The van der Waals surface area contributed by atoms with Gasteiger partial charge in [-0.2, -0.15) is 12.6 Å². The lowest BCUT2D eigenvalue weighted by molar-refractivity contribution is 0.113. The minimum atomic E-state index is 0.459. The average molecular weight is 257 g/mol. The summed E-state index contributed by atoms with van der Waals surface area (Å²) >= 11 is 4.59. The van der Waals surface area contributed by atoms with Gasteiger partial charge in [-0.1, -0.05) is 33.6 Å². The van der Waals surface area contributed by atoms with Gasteiger partial charge in [0.15, 0.2) is 0 Å². The average Bonchev–Trinajstić information content (AvgIpc) is 2.39. The van der Waals surface area contributed by atoms with Gasteiger partial charge in [-0.25, -0.2) is 0 Å². The first-order valence-electron chi connectivity index (χ1n) is 7.53.